The number of amides is 1. The number of rotatable bonds is 3. The summed E-state index contributed by atoms with van der Waals surface area (Å²) >= 11 is 0. The van der Waals surface area contributed by atoms with Crippen LogP contribution in [0.15, 0.2) is 24.3 Å². The molecule has 3 N–H and O–H groups in total. The summed E-state index contributed by atoms with van der Waals surface area (Å²) in [7, 11) is 0. The topological polar surface area (TPSA) is 71.2 Å². The molecule has 0 bridgehead atoms. The molecule has 1 unspecified atom stereocenters. The molecule has 5 nitrogen and oxygen atoms in total. The van der Waals surface area contributed by atoms with Gasteiger partial charge in [0.05, 0.1) is 17.2 Å². The molecule has 1 aromatic carbocycles. The molecule has 1 saturated heterocycles. The summed E-state index contributed by atoms with van der Waals surface area (Å²) < 4.78 is 0. The van der Waals surface area contributed by atoms with Crippen LogP contribution in [-0.4, -0.2) is 30.1 Å². The average Bonchev–Trinajstić information content (AvgIpc) is 2.53. The first-order chi connectivity index (χ1) is 11.0. The molecule has 2 heterocycles. The van der Waals surface area contributed by atoms with Gasteiger partial charge >= 0.3 is 0 Å². The molecule has 0 radical (unpaired) electrons. The number of anilines is 1. The van der Waals surface area contributed by atoms with Gasteiger partial charge in [-0.15, -0.1) is 0 Å². The van der Waals surface area contributed by atoms with Crippen molar-refractivity contribution in [2.75, 3.05) is 18.0 Å². The van der Waals surface area contributed by atoms with E-state index in [0.29, 0.717) is 5.56 Å². The van der Waals surface area contributed by atoms with Gasteiger partial charge in [-0.3, -0.25) is 4.79 Å². The normalized spacial score (nSPS) is 16.4. The van der Waals surface area contributed by atoms with E-state index in [2.05, 4.69) is 22.3 Å². The number of aryl methyl sites for hydroxylation is 1. The number of nitrogens with two attached hydrogens (primary N) is 1. The SMILES string of the molecule is Cc1ccc2nc(N3CCCCC3)c(C(=O)NC(C)N)cc2c1. The molecule has 1 aliphatic heterocycles. The molecule has 5 heteroatoms. The number of hydrogen-bond acceptors (Lipinski definition) is 4. The number of carbonyl (C=O) groups excluding carboxylic acids is 1. The number of aromatic nitrogens is 1. The van der Waals surface area contributed by atoms with Crippen molar-refractivity contribution in [3.63, 3.8) is 0 Å². The fourth-order valence-electron chi connectivity index (χ4n) is 3.08. The molecule has 23 heavy (non-hydrogen) atoms. The predicted molar refractivity (Wildman–Crippen MR) is 93.7 cm³/mol. The van der Waals surface area contributed by atoms with E-state index in [4.69, 9.17) is 10.7 Å². The third-order valence-corrected chi connectivity index (χ3v) is 4.21. The molecule has 1 atom stereocenters. The van der Waals surface area contributed by atoms with E-state index < -0.39 is 0 Å². The highest BCUT2D eigenvalue weighted by Crippen LogP contribution is 2.27. The Morgan fingerprint density at radius 1 is 1.26 bits per heavy atom. The summed E-state index contributed by atoms with van der Waals surface area (Å²) in [6.07, 6.45) is 3.14. The number of piperidine rings is 1. The molecule has 0 spiro atoms. The van der Waals surface area contributed by atoms with Crippen LogP contribution in [0.25, 0.3) is 10.9 Å². The van der Waals surface area contributed by atoms with Crippen molar-refractivity contribution in [2.45, 2.75) is 39.3 Å². The van der Waals surface area contributed by atoms with E-state index in [0.717, 1.165) is 48.2 Å². The largest absolute Gasteiger partial charge is 0.356 e. The zero-order valence-electron chi connectivity index (χ0n) is 13.8. The lowest BCUT2D eigenvalue weighted by atomic mass is 10.1. The Labute approximate surface area is 136 Å². The standard InChI is InChI=1S/C18H24N4O/c1-12-6-7-16-14(10-12)11-15(18(23)20-13(2)19)17(21-16)22-8-4-3-5-9-22/h6-7,10-11,13H,3-5,8-9,19H2,1-2H3,(H,20,23). The number of benzene rings is 1. The van der Waals surface area contributed by atoms with E-state index >= 15 is 0 Å². The van der Waals surface area contributed by atoms with Crippen molar-refractivity contribution in [1.29, 1.82) is 0 Å². The zero-order chi connectivity index (χ0) is 16.4. The summed E-state index contributed by atoms with van der Waals surface area (Å²) in [5, 5.41) is 3.78. The van der Waals surface area contributed by atoms with E-state index in [9.17, 15) is 4.79 Å². The quantitative estimate of drug-likeness (QED) is 0.855. The predicted octanol–water partition coefficient (Wildman–Crippen LogP) is 2.57. The van der Waals surface area contributed by atoms with Crippen LogP contribution in [0.5, 0.6) is 0 Å². The van der Waals surface area contributed by atoms with Gasteiger partial charge in [0.1, 0.15) is 5.82 Å². The van der Waals surface area contributed by atoms with Crippen LogP contribution in [0.2, 0.25) is 0 Å². The van der Waals surface area contributed by atoms with Gasteiger partial charge in [0, 0.05) is 18.5 Å². The highest BCUT2D eigenvalue weighted by molar-refractivity contribution is 6.02. The highest BCUT2D eigenvalue weighted by Gasteiger charge is 2.21. The molecule has 122 valence electrons. The van der Waals surface area contributed by atoms with Gasteiger partial charge in [0.25, 0.3) is 5.91 Å². The van der Waals surface area contributed by atoms with Crippen LogP contribution in [0.4, 0.5) is 5.82 Å². The van der Waals surface area contributed by atoms with E-state index in [1.807, 2.05) is 19.1 Å². The van der Waals surface area contributed by atoms with Gasteiger partial charge < -0.3 is 16.0 Å². The van der Waals surface area contributed by atoms with E-state index in [-0.39, 0.29) is 12.1 Å². The van der Waals surface area contributed by atoms with Gasteiger partial charge in [0.15, 0.2) is 0 Å². The van der Waals surface area contributed by atoms with Crippen molar-refractivity contribution < 1.29 is 4.79 Å². The van der Waals surface area contributed by atoms with Crippen LogP contribution < -0.4 is 16.0 Å². The molecule has 2 aromatic rings. The maximum Gasteiger partial charge on any atom is 0.256 e. The monoisotopic (exact) mass is 312 g/mol. The zero-order valence-corrected chi connectivity index (χ0v) is 13.8. The second-order valence-electron chi connectivity index (χ2n) is 6.37. The Hall–Kier alpha value is -2.14. The number of hydrogen-bond donors (Lipinski definition) is 2. The number of pyridine rings is 1. The Morgan fingerprint density at radius 2 is 2.00 bits per heavy atom. The fraction of sp³-hybridized carbons (Fsp3) is 0.444. The van der Waals surface area contributed by atoms with Crippen LogP contribution in [0.1, 0.15) is 42.1 Å². The highest BCUT2D eigenvalue weighted by atomic mass is 16.1. The third kappa shape index (κ3) is 3.45. The summed E-state index contributed by atoms with van der Waals surface area (Å²) in [5.41, 5.74) is 8.42. The number of nitrogens with zero attached hydrogens (tertiary/aromatic N) is 2. The minimum atomic E-state index is -0.384. The van der Waals surface area contributed by atoms with Gasteiger partial charge in [0.2, 0.25) is 0 Å². The summed E-state index contributed by atoms with van der Waals surface area (Å²) in [6.45, 7) is 5.70. The van der Waals surface area contributed by atoms with Crippen molar-refractivity contribution in [3.8, 4) is 0 Å². The van der Waals surface area contributed by atoms with Gasteiger partial charge in [-0.25, -0.2) is 4.98 Å². The maximum absolute atomic E-state index is 12.6. The maximum atomic E-state index is 12.6. The second-order valence-corrected chi connectivity index (χ2v) is 6.37. The lowest BCUT2D eigenvalue weighted by molar-refractivity contribution is 0.0941. The van der Waals surface area contributed by atoms with Crippen molar-refractivity contribution in [1.82, 2.24) is 10.3 Å². The van der Waals surface area contributed by atoms with Gasteiger partial charge in [-0.1, -0.05) is 11.6 Å². The first-order valence-electron chi connectivity index (χ1n) is 8.27. The van der Waals surface area contributed by atoms with E-state index in [1.54, 1.807) is 6.92 Å². The lowest BCUT2D eigenvalue weighted by Crippen LogP contribution is -2.40. The Balaban J connectivity index is 2.09. The Bertz CT molecular complexity index is 720. The van der Waals surface area contributed by atoms with Crippen molar-refractivity contribution in [2.24, 2.45) is 5.73 Å². The molecule has 0 saturated carbocycles. The second kappa shape index (κ2) is 6.54. The first-order valence-corrected chi connectivity index (χ1v) is 8.27. The minimum absolute atomic E-state index is 0.156. The molecule has 1 aliphatic rings. The Kier molecular flexibility index (Phi) is 4.48. The van der Waals surface area contributed by atoms with Gasteiger partial charge in [-0.05, 0) is 51.3 Å². The summed E-state index contributed by atoms with van der Waals surface area (Å²) in [4.78, 5) is 19.6. The number of fused-ring (bicyclic) bond motifs is 1. The fourth-order valence-corrected chi connectivity index (χ4v) is 3.08. The molecule has 1 fully saturated rings. The van der Waals surface area contributed by atoms with Crippen molar-refractivity contribution in [3.05, 3.63) is 35.4 Å². The smallest absolute Gasteiger partial charge is 0.256 e. The van der Waals surface area contributed by atoms with Crippen LogP contribution >= 0.6 is 0 Å². The molecule has 1 amide bonds. The van der Waals surface area contributed by atoms with E-state index in [1.165, 1.54) is 6.42 Å². The third-order valence-electron chi connectivity index (χ3n) is 4.21. The number of nitrogens with one attached hydrogen (secondary N) is 1. The van der Waals surface area contributed by atoms with Gasteiger partial charge in [-0.2, -0.15) is 0 Å². The minimum Gasteiger partial charge on any atom is -0.356 e. The first kappa shape index (κ1) is 15.7. The van der Waals surface area contributed by atoms with Crippen LogP contribution in [0.3, 0.4) is 0 Å². The molecule has 3 rings (SSSR count). The van der Waals surface area contributed by atoms with Crippen molar-refractivity contribution >= 4 is 22.6 Å². The average molecular weight is 312 g/mol. The lowest BCUT2D eigenvalue weighted by Gasteiger charge is -2.29. The Morgan fingerprint density at radius 3 is 2.70 bits per heavy atom. The summed E-state index contributed by atoms with van der Waals surface area (Å²) in [5.74, 6) is 0.621. The van der Waals surface area contributed by atoms with Crippen LogP contribution in [0, 0.1) is 6.92 Å². The van der Waals surface area contributed by atoms with Crippen LogP contribution in [-0.2, 0) is 0 Å². The molecule has 0 aliphatic carbocycles. The molecular formula is C18H24N4O. The number of carbonyl (C=O) groups is 1. The molecule has 1 aromatic heterocycles. The molecular weight excluding hydrogens is 288 g/mol. The summed E-state index contributed by atoms with van der Waals surface area (Å²) in [6, 6.07) is 8.07.